The van der Waals surface area contributed by atoms with E-state index in [1.165, 1.54) is 12.8 Å². The van der Waals surface area contributed by atoms with Crippen LogP contribution >= 0.6 is 12.2 Å². The van der Waals surface area contributed by atoms with E-state index in [4.69, 9.17) is 17.0 Å². The molecule has 1 aromatic carbocycles. The fraction of sp³-hybridized carbons (Fsp3) is 0.500. The molecule has 0 heterocycles. The second-order valence-corrected chi connectivity index (χ2v) is 6.59. The maximum atomic E-state index is 12.0. The lowest BCUT2D eigenvalue weighted by molar-refractivity contribution is -0.120. The second-order valence-electron chi connectivity index (χ2n) is 6.18. The van der Waals surface area contributed by atoms with Gasteiger partial charge in [-0.05, 0) is 55.2 Å². The van der Waals surface area contributed by atoms with Crippen molar-refractivity contribution in [3.05, 3.63) is 29.8 Å². The number of carbonyl (C=O) groups excluding carboxylic acids is 2. The van der Waals surface area contributed by atoms with Crippen molar-refractivity contribution >= 4 is 34.8 Å². The minimum absolute atomic E-state index is 0.0430. The number of thiocarbonyl (C=S) groups is 1. The van der Waals surface area contributed by atoms with Crippen LogP contribution in [0.15, 0.2) is 24.3 Å². The molecule has 136 valence electrons. The van der Waals surface area contributed by atoms with Crippen LogP contribution in [0.25, 0.3) is 0 Å². The fourth-order valence-corrected chi connectivity index (χ4v) is 3.12. The lowest BCUT2D eigenvalue weighted by Crippen LogP contribution is -2.34. The van der Waals surface area contributed by atoms with Crippen LogP contribution < -0.4 is 16.0 Å². The summed E-state index contributed by atoms with van der Waals surface area (Å²) < 4.78 is 4.89. The second kappa shape index (κ2) is 10.1. The minimum atomic E-state index is -0.156. The van der Waals surface area contributed by atoms with E-state index in [0.717, 1.165) is 18.5 Å². The van der Waals surface area contributed by atoms with Crippen LogP contribution in [0, 0.1) is 5.92 Å². The molecular weight excluding hydrogens is 338 g/mol. The van der Waals surface area contributed by atoms with Gasteiger partial charge < -0.3 is 20.7 Å². The Morgan fingerprint density at radius 2 is 1.88 bits per heavy atom. The van der Waals surface area contributed by atoms with Gasteiger partial charge in [0.25, 0.3) is 5.91 Å². The van der Waals surface area contributed by atoms with Gasteiger partial charge >= 0.3 is 0 Å². The van der Waals surface area contributed by atoms with E-state index in [9.17, 15) is 9.59 Å². The zero-order valence-corrected chi connectivity index (χ0v) is 15.3. The van der Waals surface area contributed by atoms with Crippen molar-refractivity contribution < 1.29 is 14.3 Å². The molecule has 1 aromatic rings. The number of anilines is 1. The predicted molar refractivity (Wildman–Crippen MR) is 102 cm³/mol. The molecule has 3 N–H and O–H groups in total. The molecule has 1 aliphatic rings. The van der Waals surface area contributed by atoms with Gasteiger partial charge in [-0.3, -0.25) is 9.59 Å². The minimum Gasteiger partial charge on any atom is -0.383 e. The SMILES string of the molecule is COCCNC(=O)c1ccc(NC(=S)NC(=O)CC2CCCC2)cc1. The van der Waals surface area contributed by atoms with Gasteiger partial charge in [0.2, 0.25) is 5.91 Å². The Hall–Kier alpha value is -1.99. The van der Waals surface area contributed by atoms with Crippen molar-refractivity contribution in [3.63, 3.8) is 0 Å². The molecule has 7 heteroatoms. The van der Waals surface area contributed by atoms with E-state index in [1.54, 1.807) is 31.4 Å². The van der Waals surface area contributed by atoms with Crippen molar-refractivity contribution in [1.29, 1.82) is 0 Å². The standard InChI is InChI=1S/C18H25N3O3S/c1-24-11-10-19-17(23)14-6-8-15(9-7-14)20-18(25)21-16(22)12-13-4-2-3-5-13/h6-9,13H,2-5,10-12H2,1H3,(H,19,23)(H2,20,21,22,25). The van der Waals surface area contributed by atoms with Gasteiger partial charge in [-0.15, -0.1) is 0 Å². The van der Waals surface area contributed by atoms with Crippen molar-refractivity contribution in [3.8, 4) is 0 Å². The van der Waals surface area contributed by atoms with Crippen LogP contribution in [0.1, 0.15) is 42.5 Å². The van der Waals surface area contributed by atoms with Crippen LogP contribution in [0.3, 0.4) is 0 Å². The van der Waals surface area contributed by atoms with Gasteiger partial charge in [0.05, 0.1) is 6.61 Å². The maximum absolute atomic E-state index is 12.0. The summed E-state index contributed by atoms with van der Waals surface area (Å²) in [7, 11) is 1.59. The Morgan fingerprint density at radius 1 is 1.20 bits per heavy atom. The Morgan fingerprint density at radius 3 is 2.52 bits per heavy atom. The van der Waals surface area contributed by atoms with Crippen LogP contribution in [0.5, 0.6) is 0 Å². The highest BCUT2D eigenvalue weighted by atomic mass is 32.1. The third-order valence-corrected chi connectivity index (χ3v) is 4.40. The third-order valence-electron chi connectivity index (χ3n) is 4.20. The molecular formula is C18H25N3O3S. The van der Waals surface area contributed by atoms with Gasteiger partial charge in [0.1, 0.15) is 0 Å². The maximum Gasteiger partial charge on any atom is 0.251 e. The average Bonchev–Trinajstić information content (AvgIpc) is 3.08. The smallest absolute Gasteiger partial charge is 0.251 e. The summed E-state index contributed by atoms with van der Waals surface area (Å²) in [5.41, 5.74) is 1.28. The summed E-state index contributed by atoms with van der Waals surface area (Å²) in [6.45, 7) is 0.937. The summed E-state index contributed by atoms with van der Waals surface area (Å²) in [6.07, 6.45) is 5.21. The number of amides is 2. The molecule has 0 aliphatic heterocycles. The number of ether oxygens (including phenoxy) is 1. The normalized spacial score (nSPS) is 14.1. The number of carbonyl (C=O) groups is 2. The van der Waals surface area contributed by atoms with Crippen LogP contribution in [0.2, 0.25) is 0 Å². The zero-order valence-electron chi connectivity index (χ0n) is 14.5. The number of hydrogen-bond acceptors (Lipinski definition) is 4. The highest BCUT2D eigenvalue weighted by Crippen LogP contribution is 2.27. The Bertz CT molecular complexity index is 598. The largest absolute Gasteiger partial charge is 0.383 e. The lowest BCUT2D eigenvalue weighted by Gasteiger charge is -2.12. The number of rotatable bonds is 7. The van der Waals surface area contributed by atoms with Gasteiger partial charge in [-0.2, -0.15) is 0 Å². The summed E-state index contributed by atoms with van der Waals surface area (Å²) >= 11 is 5.17. The molecule has 1 saturated carbocycles. The van der Waals surface area contributed by atoms with Crippen LogP contribution in [0.4, 0.5) is 5.69 Å². The Labute approximate surface area is 153 Å². The highest BCUT2D eigenvalue weighted by molar-refractivity contribution is 7.80. The van der Waals surface area contributed by atoms with E-state index in [-0.39, 0.29) is 16.9 Å². The van der Waals surface area contributed by atoms with Gasteiger partial charge in [-0.25, -0.2) is 0 Å². The zero-order chi connectivity index (χ0) is 18.1. The molecule has 2 rings (SSSR count). The number of methoxy groups -OCH3 is 1. The van der Waals surface area contributed by atoms with Crippen LogP contribution in [-0.4, -0.2) is 37.2 Å². The van der Waals surface area contributed by atoms with Gasteiger partial charge in [0.15, 0.2) is 5.11 Å². The monoisotopic (exact) mass is 363 g/mol. The number of nitrogens with one attached hydrogen (secondary N) is 3. The topological polar surface area (TPSA) is 79.5 Å². The average molecular weight is 363 g/mol. The van der Waals surface area contributed by atoms with Crippen molar-refractivity contribution in [2.45, 2.75) is 32.1 Å². The molecule has 1 fully saturated rings. The van der Waals surface area contributed by atoms with E-state index in [2.05, 4.69) is 16.0 Å². The molecule has 0 radical (unpaired) electrons. The van der Waals surface area contributed by atoms with Crippen molar-refractivity contribution in [1.82, 2.24) is 10.6 Å². The molecule has 0 aromatic heterocycles. The first-order chi connectivity index (χ1) is 12.1. The first-order valence-corrected chi connectivity index (χ1v) is 8.97. The lowest BCUT2D eigenvalue weighted by atomic mass is 10.0. The van der Waals surface area contributed by atoms with Gasteiger partial charge in [0, 0.05) is 31.3 Å². The predicted octanol–water partition coefficient (Wildman–Crippen LogP) is 2.46. The molecule has 0 unspecified atom stereocenters. The first-order valence-electron chi connectivity index (χ1n) is 8.56. The summed E-state index contributed by atoms with van der Waals surface area (Å²) in [5, 5.41) is 8.71. The third kappa shape index (κ3) is 6.80. The van der Waals surface area contributed by atoms with Crippen LogP contribution in [-0.2, 0) is 9.53 Å². The summed E-state index contributed by atoms with van der Waals surface area (Å²) in [4.78, 5) is 23.9. The summed E-state index contributed by atoms with van der Waals surface area (Å²) in [5.74, 6) is 0.285. The fourth-order valence-electron chi connectivity index (χ4n) is 2.89. The molecule has 1 aliphatic carbocycles. The van der Waals surface area contributed by atoms with Gasteiger partial charge in [-0.1, -0.05) is 12.8 Å². The quantitative estimate of drug-likeness (QED) is 0.512. The first kappa shape index (κ1) is 19.3. The van der Waals surface area contributed by atoms with E-state index < -0.39 is 0 Å². The Kier molecular flexibility index (Phi) is 7.81. The molecule has 25 heavy (non-hydrogen) atoms. The van der Waals surface area contributed by atoms with E-state index >= 15 is 0 Å². The molecule has 0 atom stereocenters. The molecule has 0 spiro atoms. The number of benzene rings is 1. The molecule has 2 amide bonds. The van der Waals surface area contributed by atoms with E-state index in [0.29, 0.717) is 31.1 Å². The van der Waals surface area contributed by atoms with Crippen molar-refractivity contribution in [2.24, 2.45) is 5.92 Å². The highest BCUT2D eigenvalue weighted by Gasteiger charge is 2.18. The number of hydrogen-bond donors (Lipinski definition) is 3. The molecule has 0 bridgehead atoms. The Balaban J connectivity index is 1.76. The summed E-state index contributed by atoms with van der Waals surface area (Å²) in [6, 6.07) is 6.90. The molecule has 6 nitrogen and oxygen atoms in total. The van der Waals surface area contributed by atoms with Crippen molar-refractivity contribution in [2.75, 3.05) is 25.6 Å². The molecule has 0 saturated heterocycles. The van der Waals surface area contributed by atoms with E-state index in [1.807, 2.05) is 0 Å².